The van der Waals surface area contributed by atoms with Crippen LogP contribution in [0.15, 0.2) is 28.5 Å². The van der Waals surface area contributed by atoms with Crippen LogP contribution < -0.4 is 0 Å². The van der Waals surface area contributed by atoms with Crippen LogP contribution in [0, 0.1) is 11.8 Å². The van der Waals surface area contributed by atoms with Crippen LogP contribution in [0.25, 0.3) is 0 Å². The monoisotopic (exact) mass is 242 g/mol. The van der Waals surface area contributed by atoms with Crippen LogP contribution in [0.4, 0.5) is 0 Å². The zero-order valence-corrected chi connectivity index (χ0v) is 9.77. The quantitative estimate of drug-likeness (QED) is 0.503. The van der Waals surface area contributed by atoms with Gasteiger partial charge in [-0.05, 0) is 19.1 Å². The van der Waals surface area contributed by atoms with Gasteiger partial charge in [0, 0.05) is 18.4 Å². The normalized spacial score (nSPS) is 25.5. The fraction of sp³-hybridized carbons (Fsp3) is 0.308. The highest BCUT2D eigenvalue weighted by atomic mass is 16.7. The van der Waals surface area contributed by atoms with E-state index in [2.05, 4.69) is 17.0 Å². The number of hydrogen-bond donors (Lipinski definition) is 0. The van der Waals surface area contributed by atoms with Crippen LogP contribution >= 0.6 is 0 Å². The van der Waals surface area contributed by atoms with Crippen molar-refractivity contribution in [3.05, 3.63) is 23.3 Å². The summed E-state index contributed by atoms with van der Waals surface area (Å²) >= 11 is 0. The molecule has 1 aliphatic carbocycles. The summed E-state index contributed by atoms with van der Waals surface area (Å²) in [5.74, 6) is 4.94. The van der Waals surface area contributed by atoms with Crippen LogP contribution in [0.1, 0.15) is 19.8 Å². The smallest absolute Gasteiger partial charge is 0.264 e. The number of allylic oxidation sites excluding steroid dienone is 1. The average Bonchev–Trinajstić information content (AvgIpc) is 2.75. The van der Waals surface area contributed by atoms with E-state index in [-0.39, 0.29) is 11.8 Å². The topological polar surface area (TPSA) is 59.0 Å². The Hall–Kier alpha value is -2.35. The first kappa shape index (κ1) is 10.8. The summed E-state index contributed by atoms with van der Waals surface area (Å²) in [5, 5.41) is 3.77. The first-order valence-corrected chi connectivity index (χ1v) is 5.64. The molecule has 0 aromatic rings. The third kappa shape index (κ3) is 1.46. The lowest BCUT2D eigenvalue weighted by molar-refractivity contribution is -0.150. The fourth-order valence-electron chi connectivity index (χ4n) is 2.16. The van der Waals surface area contributed by atoms with Gasteiger partial charge < -0.3 is 4.84 Å². The lowest BCUT2D eigenvalue weighted by Crippen LogP contribution is -2.41. The zero-order chi connectivity index (χ0) is 12.7. The van der Waals surface area contributed by atoms with Crippen molar-refractivity contribution in [3.8, 4) is 11.8 Å². The van der Waals surface area contributed by atoms with Gasteiger partial charge in [-0.25, -0.2) is 4.90 Å². The molecular weight excluding hydrogens is 232 g/mol. The van der Waals surface area contributed by atoms with Crippen molar-refractivity contribution >= 4 is 17.5 Å². The summed E-state index contributed by atoms with van der Waals surface area (Å²) in [6.07, 6.45) is 3.34. The van der Waals surface area contributed by atoms with Crippen molar-refractivity contribution < 1.29 is 14.4 Å². The molecule has 2 heterocycles. The Kier molecular flexibility index (Phi) is 2.30. The molecular formula is C13H10N2O3. The van der Waals surface area contributed by atoms with Gasteiger partial charge in [-0.1, -0.05) is 17.0 Å². The van der Waals surface area contributed by atoms with Gasteiger partial charge in [-0.3, -0.25) is 9.59 Å². The van der Waals surface area contributed by atoms with E-state index in [1.807, 2.05) is 0 Å². The molecule has 5 heteroatoms. The first-order chi connectivity index (χ1) is 8.68. The predicted molar refractivity (Wildman–Crippen MR) is 63.0 cm³/mol. The second-order valence-corrected chi connectivity index (χ2v) is 4.29. The van der Waals surface area contributed by atoms with E-state index < -0.39 is 6.23 Å². The SMILES string of the molecule is CC1=NOC(N2C(=O)C3=C(CC#CC=C3)C2=O)C1. The lowest BCUT2D eigenvalue weighted by Gasteiger charge is -2.20. The molecule has 0 N–H and O–H groups in total. The van der Waals surface area contributed by atoms with E-state index >= 15 is 0 Å². The van der Waals surface area contributed by atoms with Crippen molar-refractivity contribution in [3.63, 3.8) is 0 Å². The molecule has 1 unspecified atom stereocenters. The second-order valence-electron chi connectivity index (χ2n) is 4.29. The molecule has 0 aromatic heterocycles. The second kappa shape index (κ2) is 3.84. The summed E-state index contributed by atoms with van der Waals surface area (Å²) in [5.41, 5.74) is 1.64. The Morgan fingerprint density at radius 1 is 1.44 bits per heavy atom. The van der Waals surface area contributed by atoms with E-state index in [9.17, 15) is 9.59 Å². The van der Waals surface area contributed by atoms with Crippen LogP contribution in [-0.4, -0.2) is 28.7 Å². The van der Waals surface area contributed by atoms with Crippen molar-refractivity contribution in [1.29, 1.82) is 0 Å². The number of oxime groups is 1. The van der Waals surface area contributed by atoms with Crippen molar-refractivity contribution in [2.45, 2.75) is 26.0 Å². The molecule has 90 valence electrons. The van der Waals surface area contributed by atoms with Gasteiger partial charge in [0.05, 0.1) is 11.3 Å². The highest BCUT2D eigenvalue weighted by molar-refractivity contribution is 6.21. The standard InChI is InChI=1S/C13H10N2O3/c1-8-7-11(18-14-8)15-12(16)9-5-3-2-4-6-10(9)13(15)17/h3,5,11H,6-7H2,1H3. The Morgan fingerprint density at radius 2 is 2.28 bits per heavy atom. The fourth-order valence-corrected chi connectivity index (χ4v) is 2.16. The summed E-state index contributed by atoms with van der Waals surface area (Å²) in [7, 11) is 0. The molecule has 2 aliphatic heterocycles. The van der Waals surface area contributed by atoms with E-state index in [1.165, 1.54) is 0 Å². The molecule has 0 aromatic carbocycles. The van der Waals surface area contributed by atoms with Gasteiger partial charge in [0.2, 0.25) is 6.23 Å². The van der Waals surface area contributed by atoms with E-state index in [4.69, 9.17) is 4.84 Å². The number of amides is 2. The zero-order valence-electron chi connectivity index (χ0n) is 9.77. The number of nitrogens with zero attached hydrogens (tertiary/aromatic N) is 2. The summed E-state index contributed by atoms with van der Waals surface area (Å²) in [4.78, 5) is 30.7. The Morgan fingerprint density at radius 3 is 3.00 bits per heavy atom. The van der Waals surface area contributed by atoms with Gasteiger partial charge in [0.15, 0.2) is 0 Å². The maximum atomic E-state index is 12.2. The van der Waals surface area contributed by atoms with E-state index in [1.54, 1.807) is 19.1 Å². The molecule has 5 nitrogen and oxygen atoms in total. The highest BCUT2D eigenvalue weighted by Crippen LogP contribution is 2.29. The minimum atomic E-state index is -0.613. The largest absolute Gasteiger partial charge is 0.370 e. The molecule has 18 heavy (non-hydrogen) atoms. The summed E-state index contributed by atoms with van der Waals surface area (Å²) in [6, 6.07) is 0. The van der Waals surface area contributed by atoms with Crippen molar-refractivity contribution in [2.24, 2.45) is 5.16 Å². The lowest BCUT2D eigenvalue weighted by atomic mass is 10.1. The van der Waals surface area contributed by atoms with Crippen LogP contribution in [0.3, 0.4) is 0 Å². The molecule has 0 bridgehead atoms. The average molecular weight is 242 g/mol. The number of carbonyl (C=O) groups excluding carboxylic acids is 2. The Labute approximate surface area is 104 Å². The highest BCUT2D eigenvalue weighted by Gasteiger charge is 2.43. The maximum absolute atomic E-state index is 12.2. The molecule has 0 saturated heterocycles. The van der Waals surface area contributed by atoms with Gasteiger partial charge >= 0.3 is 0 Å². The number of carbonyl (C=O) groups is 2. The minimum absolute atomic E-state index is 0.302. The molecule has 0 saturated carbocycles. The Balaban J connectivity index is 1.91. The predicted octanol–water partition coefficient (Wildman–Crippen LogP) is 0.737. The van der Waals surface area contributed by atoms with Crippen LogP contribution in [0.5, 0.6) is 0 Å². The molecule has 0 fully saturated rings. The third-order valence-electron chi connectivity index (χ3n) is 3.04. The summed E-state index contributed by atoms with van der Waals surface area (Å²) < 4.78 is 0. The molecule has 2 amide bonds. The van der Waals surface area contributed by atoms with Crippen molar-refractivity contribution in [1.82, 2.24) is 4.90 Å². The molecule has 3 rings (SSSR count). The van der Waals surface area contributed by atoms with Crippen LogP contribution in [0.2, 0.25) is 0 Å². The van der Waals surface area contributed by atoms with Crippen molar-refractivity contribution in [2.75, 3.05) is 0 Å². The molecule has 0 spiro atoms. The molecule has 3 aliphatic rings. The third-order valence-corrected chi connectivity index (χ3v) is 3.04. The molecule has 1 atom stereocenters. The Bertz CT molecular complexity index is 601. The number of rotatable bonds is 1. The van der Waals surface area contributed by atoms with Gasteiger partial charge in [-0.2, -0.15) is 0 Å². The number of imide groups is 1. The minimum Gasteiger partial charge on any atom is -0.370 e. The molecule has 0 radical (unpaired) electrons. The summed E-state index contributed by atoms with van der Waals surface area (Å²) in [6.45, 7) is 1.80. The van der Waals surface area contributed by atoms with Gasteiger partial charge in [0.25, 0.3) is 11.8 Å². The van der Waals surface area contributed by atoms with Gasteiger partial charge in [0.1, 0.15) is 0 Å². The van der Waals surface area contributed by atoms with E-state index in [0.717, 1.165) is 10.6 Å². The first-order valence-electron chi connectivity index (χ1n) is 5.64. The maximum Gasteiger partial charge on any atom is 0.264 e. The number of hydrogen-bond acceptors (Lipinski definition) is 4. The van der Waals surface area contributed by atoms with Gasteiger partial charge in [-0.15, -0.1) is 0 Å². The van der Waals surface area contributed by atoms with Crippen LogP contribution in [-0.2, 0) is 14.4 Å². The van der Waals surface area contributed by atoms with E-state index in [0.29, 0.717) is 24.0 Å².